The average Bonchev–Trinajstić information content (AvgIpc) is 2.17. The molecule has 0 saturated heterocycles. The summed E-state index contributed by atoms with van der Waals surface area (Å²) in [6, 6.07) is 5.32. The zero-order valence-electron chi connectivity index (χ0n) is 7.72. The summed E-state index contributed by atoms with van der Waals surface area (Å²) >= 11 is 0. The maximum atomic E-state index is 11.2. The Balaban J connectivity index is 3.06. The molecule has 0 heterocycles. The van der Waals surface area contributed by atoms with Crippen molar-refractivity contribution in [2.75, 3.05) is 12.5 Å². The molecule has 0 unspecified atom stereocenters. The summed E-state index contributed by atoms with van der Waals surface area (Å²) in [5, 5.41) is 2.54. The lowest BCUT2D eigenvalue weighted by atomic mass is 10.1. The highest BCUT2D eigenvalue weighted by molar-refractivity contribution is 5.95. The number of hydrogen-bond acceptors (Lipinski definition) is 3. The lowest BCUT2D eigenvalue weighted by Gasteiger charge is -2.06. The number of nitrogens with two attached hydrogens (primary N) is 1. The van der Waals surface area contributed by atoms with E-state index < -0.39 is 0 Å². The fourth-order valence-electron chi connectivity index (χ4n) is 1.06. The van der Waals surface area contributed by atoms with Gasteiger partial charge < -0.3 is 10.7 Å². The fraction of sp³-hybridized carbons (Fsp3) is 0.222. The zero-order valence-corrected chi connectivity index (χ0v) is 7.72. The Morgan fingerprint density at radius 1 is 1.46 bits per heavy atom. The molecule has 4 heteroatoms. The molecule has 0 aliphatic rings. The minimum Gasteiger partial charge on any atom is -0.355 e. The molecule has 0 fully saturated rings. The van der Waals surface area contributed by atoms with Crippen LogP contribution in [0, 0.1) is 6.92 Å². The van der Waals surface area contributed by atoms with Crippen molar-refractivity contribution in [1.29, 1.82) is 0 Å². The van der Waals surface area contributed by atoms with E-state index in [0.717, 1.165) is 11.3 Å². The summed E-state index contributed by atoms with van der Waals surface area (Å²) in [4.78, 5) is 11.2. The Hall–Kier alpha value is -1.55. The molecule has 0 bridgehead atoms. The molecule has 1 amide bonds. The monoisotopic (exact) mass is 179 g/mol. The molecular weight excluding hydrogens is 166 g/mol. The first-order chi connectivity index (χ1) is 6.19. The van der Waals surface area contributed by atoms with Crippen LogP contribution in [-0.2, 0) is 0 Å². The summed E-state index contributed by atoms with van der Waals surface area (Å²) in [7, 11) is 1.59. The van der Waals surface area contributed by atoms with E-state index in [2.05, 4.69) is 10.7 Å². The van der Waals surface area contributed by atoms with E-state index in [-0.39, 0.29) is 5.91 Å². The van der Waals surface area contributed by atoms with E-state index in [1.807, 2.05) is 13.0 Å². The fourth-order valence-corrected chi connectivity index (χ4v) is 1.06. The molecule has 13 heavy (non-hydrogen) atoms. The second kappa shape index (κ2) is 3.91. The van der Waals surface area contributed by atoms with Gasteiger partial charge in [0.1, 0.15) is 0 Å². The standard InChI is InChI=1S/C9H13N3O/c1-6-3-4-7(9(13)11-2)5-8(6)12-10/h3-5,12H,10H2,1-2H3,(H,11,13). The van der Waals surface area contributed by atoms with Gasteiger partial charge in [-0.15, -0.1) is 0 Å². The lowest BCUT2D eigenvalue weighted by molar-refractivity contribution is 0.0963. The Kier molecular flexibility index (Phi) is 2.87. The van der Waals surface area contributed by atoms with Gasteiger partial charge >= 0.3 is 0 Å². The molecule has 1 aromatic rings. The van der Waals surface area contributed by atoms with Crippen molar-refractivity contribution in [2.24, 2.45) is 5.84 Å². The van der Waals surface area contributed by atoms with Gasteiger partial charge in [-0.1, -0.05) is 6.07 Å². The van der Waals surface area contributed by atoms with Gasteiger partial charge in [0.25, 0.3) is 5.91 Å². The molecule has 0 radical (unpaired) electrons. The second-order valence-corrected chi connectivity index (χ2v) is 2.75. The van der Waals surface area contributed by atoms with Gasteiger partial charge in [-0.3, -0.25) is 10.6 Å². The van der Waals surface area contributed by atoms with Crippen LogP contribution in [0.15, 0.2) is 18.2 Å². The molecule has 4 nitrogen and oxygen atoms in total. The first-order valence-corrected chi connectivity index (χ1v) is 3.98. The number of benzene rings is 1. The van der Waals surface area contributed by atoms with Gasteiger partial charge in [-0.05, 0) is 24.6 Å². The Labute approximate surface area is 77.1 Å². The van der Waals surface area contributed by atoms with Crippen LogP contribution in [0.25, 0.3) is 0 Å². The molecule has 0 saturated carbocycles. The molecule has 0 atom stereocenters. The Morgan fingerprint density at radius 2 is 2.15 bits per heavy atom. The third kappa shape index (κ3) is 1.97. The summed E-state index contributed by atoms with van der Waals surface area (Å²) in [5.41, 5.74) is 4.91. The second-order valence-electron chi connectivity index (χ2n) is 2.75. The SMILES string of the molecule is CNC(=O)c1ccc(C)c(NN)c1. The summed E-state index contributed by atoms with van der Waals surface area (Å²) in [6.45, 7) is 1.92. The first-order valence-electron chi connectivity index (χ1n) is 3.98. The van der Waals surface area contributed by atoms with Gasteiger partial charge in [0, 0.05) is 12.6 Å². The van der Waals surface area contributed by atoms with Crippen molar-refractivity contribution in [3.05, 3.63) is 29.3 Å². The summed E-state index contributed by atoms with van der Waals surface area (Å²) in [6.07, 6.45) is 0. The van der Waals surface area contributed by atoms with Crippen LogP contribution in [0.1, 0.15) is 15.9 Å². The summed E-state index contributed by atoms with van der Waals surface area (Å²) in [5.74, 6) is 5.17. The van der Waals surface area contributed by atoms with Gasteiger partial charge in [0.15, 0.2) is 0 Å². The third-order valence-electron chi connectivity index (χ3n) is 1.88. The van der Waals surface area contributed by atoms with Crippen LogP contribution in [0.2, 0.25) is 0 Å². The van der Waals surface area contributed by atoms with E-state index in [4.69, 9.17) is 5.84 Å². The van der Waals surface area contributed by atoms with Crippen molar-refractivity contribution < 1.29 is 4.79 Å². The van der Waals surface area contributed by atoms with E-state index in [9.17, 15) is 4.79 Å². The molecule has 1 rings (SSSR count). The third-order valence-corrected chi connectivity index (χ3v) is 1.88. The number of carbonyl (C=O) groups is 1. The number of nitrogen functional groups attached to an aromatic ring is 1. The number of hydrazine groups is 1. The van der Waals surface area contributed by atoms with Crippen molar-refractivity contribution in [1.82, 2.24) is 5.32 Å². The van der Waals surface area contributed by atoms with Gasteiger partial charge in [0.2, 0.25) is 0 Å². The molecule has 4 N–H and O–H groups in total. The average molecular weight is 179 g/mol. The molecular formula is C9H13N3O. The van der Waals surface area contributed by atoms with E-state index in [0.29, 0.717) is 5.56 Å². The number of aryl methyl sites for hydroxylation is 1. The van der Waals surface area contributed by atoms with Crippen LogP contribution < -0.4 is 16.6 Å². The van der Waals surface area contributed by atoms with Crippen LogP contribution in [-0.4, -0.2) is 13.0 Å². The molecule has 70 valence electrons. The van der Waals surface area contributed by atoms with Crippen LogP contribution in [0.4, 0.5) is 5.69 Å². The van der Waals surface area contributed by atoms with Crippen molar-refractivity contribution in [3.63, 3.8) is 0 Å². The molecule has 0 aromatic heterocycles. The van der Waals surface area contributed by atoms with Crippen LogP contribution in [0.3, 0.4) is 0 Å². The van der Waals surface area contributed by atoms with Crippen LogP contribution in [0.5, 0.6) is 0 Å². The molecule has 0 aliphatic carbocycles. The number of amides is 1. The maximum Gasteiger partial charge on any atom is 0.251 e. The molecule has 0 aliphatic heterocycles. The highest BCUT2D eigenvalue weighted by atomic mass is 16.1. The smallest absolute Gasteiger partial charge is 0.251 e. The topological polar surface area (TPSA) is 67.2 Å². The Morgan fingerprint density at radius 3 is 2.69 bits per heavy atom. The van der Waals surface area contributed by atoms with Crippen molar-refractivity contribution in [2.45, 2.75) is 6.92 Å². The van der Waals surface area contributed by atoms with E-state index >= 15 is 0 Å². The van der Waals surface area contributed by atoms with Gasteiger partial charge in [0.05, 0.1) is 5.69 Å². The minimum absolute atomic E-state index is 0.114. The largest absolute Gasteiger partial charge is 0.355 e. The van der Waals surface area contributed by atoms with Crippen molar-refractivity contribution in [3.8, 4) is 0 Å². The predicted octanol–water partition coefficient (Wildman–Crippen LogP) is 0.640. The van der Waals surface area contributed by atoms with Crippen LogP contribution >= 0.6 is 0 Å². The number of carbonyl (C=O) groups excluding carboxylic acids is 1. The van der Waals surface area contributed by atoms with Gasteiger partial charge in [-0.2, -0.15) is 0 Å². The predicted molar refractivity (Wildman–Crippen MR) is 52.4 cm³/mol. The number of rotatable bonds is 2. The molecule has 0 spiro atoms. The van der Waals surface area contributed by atoms with E-state index in [1.54, 1.807) is 19.2 Å². The quantitative estimate of drug-likeness (QED) is 0.461. The molecule has 1 aromatic carbocycles. The van der Waals surface area contributed by atoms with E-state index in [1.165, 1.54) is 0 Å². The number of hydrogen-bond donors (Lipinski definition) is 3. The summed E-state index contributed by atoms with van der Waals surface area (Å²) < 4.78 is 0. The zero-order chi connectivity index (χ0) is 9.84. The highest BCUT2D eigenvalue weighted by Crippen LogP contribution is 2.15. The maximum absolute atomic E-state index is 11.2. The Bertz CT molecular complexity index is 323. The normalized spacial score (nSPS) is 9.46. The number of nitrogens with one attached hydrogen (secondary N) is 2. The van der Waals surface area contributed by atoms with Gasteiger partial charge in [-0.25, -0.2) is 0 Å². The van der Waals surface area contributed by atoms with Crippen molar-refractivity contribution >= 4 is 11.6 Å². The highest BCUT2D eigenvalue weighted by Gasteiger charge is 2.04. The first kappa shape index (κ1) is 9.54. The lowest BCUT2D eigenvalue weighted by Crippen LogP contribution is -2.18. The minimum atomic E-state index is -0.114. The number of anilines is 1.